The Labute approximate surface area is 137 Å². The number of nitrogens with one attached hydrogen (secondary N) is 1. The largest absolute Gasteiger partial charge is 0.348 e. The molecule has 2 unspecified atom stereocenters. The van der Waals surface area contributed by atoms with Crippen LogP contribution in [0, 0.1) is 0 Å². The van der Waals surface area contributed by atoms with E-state index in [4.69, 9.17) is 5.73 Å². The summed E-state index contributed by atoms with van der Waals surface area (Å²) in [6.07, 6.45) is 6.72. The Balaban J connectivity index is 1.66. The second-order valence-electron chi connectivity index (χ2n) is 6.58. The van der Waals surface area contributed by atoms with Gasteiger partial charge in [0.25, 0.3) is 5.91 Å². The number of anilines is 1. The highest BCUT2D eigenvalue weighted by Gasteiger charge is 2.25. The van der Waals surface area contributed by atoms with Crippen molar-refractivity contribution in [2.24, 2.45) is 5.73 Å². The van der Waals surface area contributed by atoms with Crippen molar-refractivity contribution in [3.05, 3.63) is 29.8 Å². The fourth-order valence-electron chi connectivity index (χ4n) is 3.47. The maximum atomic E-state index is 12.3. The third kappa shape index (κ3) is 3.72. The van der Waals surface area contributed by atoms with Gasteiger partial charge in [-0.05, 0) is 56.4 Å². The Morgan fingerprint density at radius 1 is 1.09 bits per heavy atom. The Bertz CT molecular complexity index is 570. The minimum absolute atomic E-state index is 0.0629. The molecule has 3 N–H and O–H groups in total. The van der Waals surface area contributed by atoms with Crippen molar-refractivity contribution < 1.29 is 9.59 Å². The Morgan fingerprint density at radius 3 is 2.57 bits per heavy atom. The van der Waals surface area contributed by atoms with Crippen molar-refractivity contribution in [1.29, 1.82) is 0 Å². The molecule has 2 atom stereocenters. The SMILES string of the molecule is NC1CCCC1NC(=O)c1ccc(N2CCCCCC2=O)cc1. The fourth-order valence-corrected chi connectivity index (χ4v) is 3.47. The summed E-state index contributed by atoms with van der Waals surface area (Å²) in [6.45, 7) is 0.765. The number of hydrogen-bond donors (Lipinski definition) is 2. The molecule has 5 heteroatoms. The zero-order valence-electron chi connectivity index (χ0n) is 13.5. The lowest BCUT2D eigenvalue weighted by Crippen LogP contribution is -2.43. The topological polar surface area (TPSA) is 75.4 Å². The lowest BCUT2D eigenvalue weighted by atomic mass is 10.1. The second kappa shape index (κ2) is 7.13. The first kappa shape index (κ1) is 16.0. The summed E-state index contributed by atoms with van der Waals surface area (Å²) in [5, 5.41) is 3.02. The molecule has 0 aromatic heterocycles. The molecule has 1 aromatic rings. The first-order chi connectivity index (χ1) is 11.1. The number of carbonyl (C=O) groups excluding carboxylic acids is 2. The predicted octanol–water partition coefficient (Wildman–Crippen LogP) is 2.20. The van der Waals surface area contributed by atoms with Gasteiger partial charge in [-0.2, -0.15) is 0 Å². The van der Waals surface area contributed by atoms with E-state index in [1.54, 1.807) is 12.1 Å². The van der Waals surface area contributed by atoms with Crippen molar-refractivity contribution in [3.63, 3.8) is 0 Å². The molecule has 2 aliphatic rings. The molecule has 3 rings (SSSR count). The molecular weight excluding hydrogens is 290 g/mol. The van der Waals surface area contributed by atoms with E-state index >= 15 is 0 Å². The van der Waals surface area contributed by atoms with Crippen molar-refractivity contribution in [1.82, 2.24) is 5.32 Å². The highest BCUT2D eigenvalue weighted by Crippen LogP contribution is 2.22. The molecule has 1 saturated heterocycles. The second-order valence-corrected chi connectivity index (χ2v) is 6.58. The van der Waals surface area contributed by atoms with Crippen LogP contribution in [-0.2, 0) is 4.79 Å². The van der Waals surface area contributed by atoms with Crippen LogP contribution < -0.4 is 16.0 Å². The molecule has 124 valence electrons. The molecule has 2 fully saturated rings. The van der Waals surface area contributed by atoms with E-state index in [0.717, 1.165) is 50.8 Å². The first-order valence-electron chi connectivity index (χ1n) is 8.62. The van der Waals surface area contributed by atoms with Crippen LogP contribution in [0.4, 0.5) is 5.69 Å². The number of carbonyl (C=O) groups is 2. The lowest BCUT2D eigenvalue weighted by Gasteiger charge is -2.21. The normalized spacial score (nSPS) is 25.3. The average molecular weight is 315 g/mol. The van der Waals surface area contributed by atoms with Crippen LogP contribution in [0.25, 0.3) is 0 Å². The van der Waals surface area contributed by atoms with Crippen LogP contribution in [0.3, 0.4) is 0 Å². The van der Waals surface area contributed by atoms with Gasteiger partial charge >= 0.3 is 0 Å². The van der Waals surface area contributed by atoms with Gasteiger partial charge in [-0.25, -0.2) is 0 Å². The maximum absolute atomic E-state index is 12.3. The van der Waals surface area contributed by atoms with E-state index in [2.05, 4.69) is 5.32 Å². The maximum Gasteiger partial charge on any atom is 0.251 e. The number of nitrogens with zero attached hydrogens (tertiary/aromatic N) is 1. The summed E-state index contributed by atoms with van der Waals surface area (Å²) in [6, 6.07) is 7.47. The standard InChI is InChI=1S/C18H25N3O2/c19-15-5-4-6-16(15)20-18(23)13-8-10-14(11-9-13)21-12-3-1-2-7-17(21)22/h8-11,15-16H,1-7,12,19H2,(H,20,23). The van der Waals surface area contributed by atoms with Gasteiger partial charge in [0.15, 0.2) is 0 Å². The molecule has 1 saturated carbocycles. The summed E-state index contributed by atoms with van der Waals surface area (Å²) < 4.78 is 0. The summed E-state index contributed by atoms with van der Waals surface area (Å²) in [7, 11) is 0. The summed E-state index contributed by atoms with van der Waals surface area (Å²) in [4.78, 5) is 26.3. The van der Waals surface area contributed by atoms with Gasteiger partial charge in [0.2, 0.25) is 5.91 Å². The molecule has 1 heterocycles. The number of amides is 2. The third-order valence-corrected chi connectivity index (χ3v) is 4.90. The fraction of sp³-hybridized carbons (Fsp3) is 0.556. The van der Waals surface area contributed by atoms with Crippen LogP contribution in [0.15, 0.2) is 24.3 Å². The van der Waals surface area contributed by atoms with E-state index < -0.39 is 0 Å². The highest BCUT2D eigenvalue weighted by atomic mass is 16.2. The van der Waals surface area contributed by atoms with Gasteiger partial charge < -0.3 is 16.0 Å². The van der Waals surface area contributed by atoms with Gasteiger partial charge in [0.1, 0.15) is 0 Å². The minimum atomic E-state index is -0.0823. The Kier molecular flexibility index (Phi) is 4.96. The van der Waals surface area contributed by atoms with E-state index in [9.17, 15) is 9.59 Å². The number of hydrogen-bond acceptors (Lipinski definition) is 3. The molecule has 1 aliphatic heterocycles. The molecular formula is C18H25N3O2. The van der Waals surface area contributed by atoms with Crippen LogP contribution in [0.2, 0.25) is 0 Å². The molecule has 1 aromatic carbocycles. The van der Waals surface area contributed by atoms with E-state index in [-0.39, 0.29) is 23.9 Å². The average Bonchev–Trinajstić information content (AvgIpc) is 2.83. The van der Waals surface area contributed by atoms with Crippen molar-refractivity contribution >= 4 is 17.5 Å². The molecule has 5 nitrogen and oxygen atoms in total. The molecule has 0 radical (unpaired) electrons. The van der Waals surface area contributed by atoms with Crippen molar-refractivity contribution in [3.8, 4) is 0 Å². The number of benzene rings is 1. The van der Waals surface area contributed by atoms with Crippen molar-refractivity contribution in [2.45, 2.75) is 57.0 Å². The van der Waals surface area contributed by atoms with E-state index in [0.29, 0.717) is 12.0 Å². The third-order valence-electron chi connectivity index (χ3n) is 4.90. The van der Waals surface area contributed by atoms with Crippen LogP contribution in [-0.4, -0.2) is 30.4 Å². The monoisotopic (exact) mass is 315 g/mol. The molecule has 2 amide bonds. The van der Waals surface area contributed by atoms with E-state index in [1.807, 2.05) is 17.0 Å². The molecule has 0 spiro atoms. The van der Waals surface area contributed by atoms with Gasteiger partial charge in [-0.1, -0.05) is 6.42 Å². The number of nitrogens with two attached hydrogens (primary N) is 1. The minimum Gasteiger partial charge on any atom is -0.348 e. The first-order valence-corrected chi connectivity index (χ1v) is 8.62. The zero-order valence-corrected chi connectivity index (χ0v) is 13.5. The molecule has 0 bridgehead atoms. The molecule has 1 aliphatic carbocycles. The highest BCUT2D eigenvalue weighted by molar-refractivity contribution is 5.96. The van der Waals surface area contributed by atoms with Crippen LogP contribution in [0.1, 0.15) is 55.3 Å². The number of rotatable bonds is 3. The van der Waals surface area contributed by atoms with Gasteiger partial charge in [-0.15, -0.1) is 0 Å². The Morgan fingerprint density at radius 2 is 1.87 bits per heavy atom. The smallest absolute Gasteiger partial charge is 0.251 e. The van der Waals surface area contributed by atoms with Gasteiger partial charge in [0, 0.05) is 36.3 Å². The van der Waals surface area contributed by atoms with Gasteiger partial charge in [-0.3, -0.25) is 9.59 Å². The lowest BCUT2D eigenvalue weighted by molar-refractivity contribution is -0.118. The molecule has 23 heavy (non-hydrogen) atoms. The Hall–Kier alpha value is -1.88. The summed E-state index contributed by atoms with van der Waals surface area (Å²) >= 11 is 0. The van der Waals surface area contributed by atoms with Gasteiger partial charge in [0.05, 0.1) is 0 Å². The predicted molar refractivity (Wildman–Crippen MR) is 90.3 cm³/mol. The van der Waals surface area contributed by atoms with Crippen LogP contribution >= 0.6 is 0 Å². The quantitative estimate of drug-likeness (QED) is 0.898. The van der Waals surface area contributed by atoms with Crippen LogP contribution in [0.5, 0.6) is 0 Å². The zero-order chi connectivity index (χ0) is 16.2. The summed E-state index contributed by atoms with van der Waals surface area (Å²) in [5.74, 6) is 0.0951. The van der Waals surface area contributed by atoms with E-state index in [1.165, 1.54) is 0 Å². The summed E-state index contributed by atoms with van der Waals surface area (Å²) in [5.41, 5.74) is 7.50. The van der Waals surface area contributed by atoms with Crippen molar-refractivity contribution in [2.75, 3.05) is 11.4 Å².